The average molecular weight is 305 g/mol. The smallest absolute Gasteiger partial charge is 0.193 e. The number of rotatable bonds is 4. The topological polar surface area (TPSA) is 43.3 Å². The SMILES string of the molecule is CCC(C)(C)C1CCC(N)(Cc2cn3ccsc3n2)CC1. The van der Waals surface area contributed by atoms with Crippen LogP contribution in [0.4, 0.5) is 0 Å². The van der Waals surface area contributed by atoms with Gasteiger partial charge in [0.15, 0.2) is 4.96 Å². The zero-order chi connectivity index (χ0) is 15.1. The molecule has 1 aliphatic carbocycles. The molecular formula is C17H27N3S. The van der Waals surface area contributed by atoms with E-state index in [1.165, 1.54) is 19.3 Å². The van der Waals surface area contributed by atoms with Crippen molar-refractivity contribution in [2.45, 2.75) is 64.8 Å². The molecule has 0 atom stereocenters. The Morgan fingerprint density at radius 3 is 2.76 bits per heavy atom. The number of nitrogens with two attached hydrogens (primary N) is 1. The molecule has 2 aromatic heterocycles. The fourth-order valence-electron chi connectivity index (χ4n) is 3.66. The van der Waals surface area contributed by atoms with Crippen molar-refractivity contribution in [3.8, 4) is 0 Å². The van der Waals surface area contributed by atoms with Crippen LogP contribution in [0.25, 0.3) is 4.96 Å². The van der Waals surface area contributed by atoms with Crippen molar-refractivity contribution in [2.24, 2.45) is 17.1 Å². The molecule has 3 nitrogen and oxygen atoms in total. The third kappa shape index (κ3) is 3.02. The molecule has 0 bridgehead atoms. The molecule has 0 amide bonds. The monoisotopic (exact) mass is 305 g/mol. The van der Waals surface area contributed by atoms with Gasteiger partial charge in [-0.05, 0) is 37.0 Å². The Hall–Kier alpha value is -0.870. The standard InChI is InChI=1S/C17H27N3S/c1-4-16(2,3)13-5-7-17(18,8-6-13)11-14-12-20-9-10-21-15(20)19-14/h9-10,12-13H,4-8,11,18H2,1-3H3. The van der Waals surface area contributed by atoms with Gasteiger partial charge in [0.05, 0.1) is 5.69 Å². The lowest BCUT2D eigenvalue weighted by Gasteiger charge is -2.43. The van der Waals surface area contributed by atoms with E-state index in [2.05, 4.69) is 42.9 Å². The molecular weight excluding hydrogens is 278 g/mol. The first-order valence-corrected chi connectivity index (χ1v) is 9.00. The molecule has 4 heteroatoms. The Bertz CT molecular complexity index is 574. The van der Waals surface area contributed by atoms with Crippen LogP contribution in [-0.4, -0.2) is 14.9 Å². The number of nitrogens with zero attached hydrogens (tertiary/aromatic N) is 2. The zero-order valence-electron chi connectivity index (χ0n) is 13.4. The van der Waals surface area contributed by atoms with Crippen molar-refractivity contribution in [3.63, 3.8) is 0 Å². The second-order valence-electron chi connectivity index (χ2n) is 7.48. The Labute approximate surface area is 131 Å². The summed E-state index contributed by atoms with van der Waals surface area (Å²) in [4.78, 5) is 5.78. The molecule has 3 rings (SSSR count). The molecule has 2 aromatic rings. The van der Waals surface area contributed by atoms with Crippen molar-refractivity contribution in [1.82, 2.24) is 9.38 Å². The van der Waals surface area contributed by atoms with E-state index in [1.54, 1.807) is 11.3 Å². The molecule has 2 heterocycles. The zero-order valence-corrected chi connectivity index (χ0v) is 14.2. The highest BCUT2D eigenvalue weighted by atomic mass is 32.1. The van der Waals surface area contributed by atoms with E-state index in [1.807, 2.05) is 0 Å². The minimum atomic E-state index is -0.0512. The summed E-state index contributed by atoms with van der Waals surface area (Å²) in [6.45, 7) is 7.12. The molecule has 116 valence electrons. The van der Waals surface area contributed by atoms with Gasteiger partial charge in [0.25, 0.3) is 0 Å². The highest BCUT2D eigenvalue weighted by Crippen LogP contribution is 2.43. The van der Waals surface area contributed by atoms with Crippen molar-refractivity contribution in [1.29, 1.82) is 0 Å². The molecule has 0 radical (unpaired) electrons. The largest absolute Gasteiger partial charge is 0.325 e. The number of thiazole rings is 1. The molecule has 1 saturated carbocycles. The van der Waals surface area contributed by atoms with Gasteiger partial charge in [-0.3, -0.25) is 4.40 Å². The highest BCUT2D eigenvalue weighted by molar-refractivity contribution is 7.15. The fraction of sp³-hybridized carbons (Fsp3) is 0.706. The first kappa shape index (κ1) is 15.0. The van der Waals surface area contributed by atoms with Crippen LogP contribution >= 0.6 is 11.3 Å². The van der Waals surface area contributed by atoms with Crippen LogP contribution in [0.3, 0.4) is 0 Å². The normalized spacial score (nSPS) is 27.3. The van der Waals surface area contributed by atoms with E-state index in [0.717, 1.165) is 35.8 Å². The summed E-state index contributed by atoms with van der Waals surface area (Å²) in [7, 11) is 0. The van der Waals surface area contributed by atoms with Crippen LogP contribution in [0.2, 0.25) is 0 Å². The summed E-state index contributed by atoms with van der Waals surface area (Å²) in [5.74, 6) is 0.824. The van der Waals surface area contributed by atoms with Gasteiger partial charge >= 0.3 is 0 Å². The second kappa shape index (κ2) is 5.40. The van der Waals surface area contributed by atoms with Gasteiger partial charge in [-0.2, -0.15) is 0 Å². The minimum absolute atomic E-state index is 0.0512. The van der Waals surface area contributed by atoms with Gasteiger partial charge < -0.3 is 5.73 Å². The Morgan fingerprint density at radius 1 is 1.43 bits per heavy atom. The maximum absolute atomic E-state index is 6.68. The molecule has 0 aliphatic heterocycles. The van der Waals surface area contributed by atoms with Gasteiger partial charge in [0.2, 0.25) is 0 Å². The Morgan fingerprint density at radius 2 is 2.14 bits per heavy atom. The van der Waals surface area contributed by atoms with Gasteiger partial charge in [-0.1, -0.05) is 27.2 Å². The molecule has 1 fully saturated rings. The minimum Gasteiger partial charge on any atom is -0.325 e. The van der Waals surface area contributed by atoms with Crippen molar-refractivity contribution in [2.75, 3.05) is 0 Å². The van der Waals surface area contributed by atoms with E-state index in [0.29, 0.717) is 5.41 Å². The van der Waals surface area contributed by atoms with Gasteiger partial charge in [-0.15, -0.1) is 11.3 Å². The predicted molar refractivity (Wildman–Crippen MR) is 89.7 cm³/mol. The average Bonchev–Trinajstić information content (AvgIpc) is 2.99. The molecule has 0 aromatic carbocycles. The Kier molecular flexibility index (Phi) is 3.87. The highest BCUT2D eigenvalue weighted by Gasteiger charge is 2.37. The number of hydrogen-bond donors (Lipinski definition) is 1. The summed E-state index contributed by atoms with van der Waals surface area (Å²) >= 11 is 1.69. The summed E-state index contributed by atoms with van der Waals surface area (Å²) in [6, 6.07) is 0. The van der Waals surface area contributed by atoms with E-state index < -0.39 is 0 Å². The molecule has 21 heavy (non-hydrogen) atoms. The van der Waals surface area contributed by atoms with E-state index in [4.69, 9.17) is 10.7 Å². The van der Waals surface area contributed by atoms with Crippen LogP contribution in [0.1, 0.15) is 58.6 Å². The molecule has 0 unspecified atom stereocenters. The van der Waals surface area contributed by atoms with Crippen LogP contribution in [0.15, 0.2) is 17.8 Å². The summed E-state index contributed by atoms with van der Waals surface area (Å²) in [5.41, 5.74) is 8.24. The number of imidazole rings is 1. The lowest BCUT2D eigenvalue weighted by molar-refractivity contribution is 0.115. The first-order valence-electron chi connectivity index (χ1n) is 8.12. The molecule has 2 N–H and O–H groups in total. The summed E-state index contributed by atoms with van der Waals surface area (Å²) < 4.78 is 2.11. The number of fused-ring (bicyclic) bond motifs is 1. The van der Waals surface area contributed by atoms with Crippen molar-refractivity contribution >= 4 is 16.3 Å². The molecule has 0 saturated heterocycles. The van der Waals surface area contributed by atoms with Gasteiger partial charge in [-0.25, -0.2) is 4.98 Å². The lowest BCUT2D eigenvalue weighted by Crippen LogP contribution is -2.47. The third-order valence-electron chi connectivity index (χ3n) is 5.67. The second-order valence-corrected chi connectivity index (χ2v) is 8.35. The van der Waals surface area contributed by atoms with E-state index >= 15 is 0 Å². The maximum atomic E-state index is 6.68. The quantitative estimate of drug-likeness (QED) is 0.917. The van der Waals surface area contributed by atoms with Gasteiger partial charge in [0, 0.05) is 29.7 Å². The lowest BCUT2D eigenvalue weighted by atomic mass is 9.65. The molecule has 0 spiro atoms. The third-order valence-corrected chi connectivity index (χ3v) is 6.44. The summed E-state index contributed by atoms with van der Waals surface area (Å²) in [5, 5.41) is 2.07. The van der Waals surface area contributed by atoms with Crippen LogP contribution in [0.5, 0.6) is 0 Å². The van der Waals surface area contributed by atoms with Crippen LogP contribution < -0.4 is 5.73 Å². The van der Waals surface area contributed by atoms with Gasteiger partial charge in [0.1, 0.15) is 0 Å². The van der Waals surface area contributed by atoms with Crippen molar-refractivity contribution < 1.29 is 0 Å². The van der Waals surface area contributed by atoms with Crippen LogP contribution in [-0.2, 0) is 6.42 Å². The number of aromatic nitrogens is 2. The number of hydrogen-bond acceptors (Lipinski definition) is 3. The maximum Gasteiger partial charge on any atom is 0.193 e. The van der Waals surface area contributed by atoms with E-state index in [9.17, 15) is 0 Å². The predicted octanol–water partition coefficient (Wildman–Crippen LogP) is 4.26. The first-order chi connectivity index (χ1) is 9.92. The van der Waals surface area contributed by atoms with E-state index in [-0.39, 0.29) is 5.54 Å². The van der Waals surface area contributed by atoms with Crippen LogP contribution in [0, 0.1) is 11.3 Å². The Balaban J connectivity index is 1.65. The molecule has 1 aliphatic rings. The fourth-order valence-corrected chi connectivity index (χ4v) is 4.38. The summed E-state index contributed by atoms with van der Waals surface area (Å²) in [6.07, 6.45) is 11.2. The van der Waals surface area contributed by atoms with Crippen molar-refractivity contribution in [3.05, 3.63) is 23.5 Å².